The highest BCUT2D eigenvalue weighted by Crippen LogP contribution is 2.20. The van der Waals surface area contributed by atoms with E-state index < -0.39 is 0 Å². The van der Waals surface area contributed by atoms with E-state index in [1.807, 2.05) is 0 Å². The molecule has 0 aliphatic carbocycles. The molecule has 0 radical (unpaired) electrons. The van der Waals surface area contributed by atoms with Crippen LogP contribution in [0.2, 0.25) is 0 Å². The van der Waals surface area contributed by atoms with Crippen molar-refractivity contribution < 1.29 is 4.52 Å². The lowest BCUT2D eigenvalue weighted by Gasteiger charge is -2.04. The Labute approximate surface area is 91.2 Å². The summed E-state index contributed by atoms with van der Waals surface area (Å²) >= 11 is 0. The van der Waals surface area contributed by atoms with Crippen molar-refractivity contribution in [3.63, 3.8) is 0 Å². The van der Waals surface area contributed by atoms with E-state index in [-0.39, 0.29) is 6.04 Å². The first kappa shape index (κ1) is 12.2. The first-order valence-electron chi connectivity index (χ1n) is 5.78. The van der Waals surface area contributed by atoms with E-state index in [2.05, 4.69) is 30.9 Å². The molecule has 2 unspecified atom stereocenters. The summed E-state index contributed by atoms with van der Waals surface area (Å²) in [6.45, 7) is 6.35. The van der Waals surface area contributed by atoms with E-state index in [1.165, 1.54) is 0 Å². The zero-order valence-electron chi connectivity index (χ0n) is 9.86. The minimum Gasteiger partial charge on any atom is -0.339 e. The van der Waals surface area contributed by atoms with E-state index >= 15 is 0 Å². The fraction of sp³-hybridized carbons (Fsp3) is 0.818. The summed E-state index contributed by atoms with van der Waals surface area (Å²) in [5.41, 5.74) is 5.91. The molecule has 0 bridgehead atoms. The largest absolute Gasteiger partial charge is 0.339 e. The highest BCUT2D eigenvalue weighted by Gasteiger charge is 2.16. The second-order valence-corrected chi connectivity index (χ2v) is 4.08. The molecule has 0 aliphatic rings. The Bertz CT molecular complexity index is 259. The van der Waals surface area contributed by atoms with Gasteiger partial charge in [0.15, 0.2) is 5.82 Å². The second kappa shape index (κ2) is 5.85. The quantitative estimate of drug-likeness (QED) is 0.785. The first-order chi connectivity index (χ1) is 7.19. The van der Waals surface area contributed by atoms with Crippen molar-refractivity contribution in [1.29, 1.82) is 0 Å². The van der Waals surface area contributed by atoms with Gasteiger partial charge in [-0.2, -0.15) is 4.98 Å². The van der Waals surface area contributed by atoms with Gasteiger partial charge in [-0.15, -0.1) is 0 Å². The van der Waals surface area contributed by atoms with Gasteiger partial charge in [-0.25, -0.2) is 0 Å². The molecule has 1 aromatic heterocycles. The Kier molecular flexibility index (Phi) is 4.75. The summed E-state index contributed by atoms with van der Waals surface area (Å²) in [6.07, 6.45) is 4.14. The fourth-order valence-corrected chi connectivity index (χ4v) is 1.59. The number of hydrogen-bond acceptors (Lipinski definition) is 4. The van der Waals surface area contributed by atoms with Gasteiger partial charge in [0, 0.05) is 5.92 Å². The van der Waals surface area contributed by atoms with Crippen molar-refractivity contribution in [2.24, 2.45) is 5.73 Å². The van der Waals surface area contributed by atoms with Gasteiger partial charge in [0.2, 0.25) is 5.89 Å². The molecule has 1 heterocycles. The molecule has 1 rings (SSSR count). The lowest BCUT2D eigenvalue weighted by Crippen LogP contribution is -2.11. The van der Waals surface area contributed by atoms with Gasteiger partial charge < -0.3 is 10.3 Å². The molecule has 0 aromatic carbocycles. The third-order valence-electron chi connectivity index (χ3n) is 2.53. The Hall–Kier alpha value is -0.900. The van der Waals surface area contributed by atoms with Crippen molar-refractivity contribution in [3.05, 3.63) is 11.7 Å². The van der Waals surface area contributed by atoms with E-state index in [0.29, 0.717) is 11.7 Å². The normalized spacial score (nSPS) is 15.2. The van der Waals surface area contributed by atoms with Crippen LogP contribution in [0.5, 0.6) is 0 Å². The molecule has 0 saturated heterocycles. The predicted octanol–water partition coefficient (Wildman–Crippen LogP) is 2.77. The standard InChI is InChI=1S/C11H21N3O/c1-4-6-8(3)11-13-10(14-15-11)9(12)7-5-2/h8-9H,4-7,12H2,1-3H3. The van der Waals surface area contributed by atoms with Crippen molar-refractivity contribution in [1.82, 2.24) is 10.1 Å². The highest BCUT2D eigenvalue weighted by atomic mass is 16.5. The first-order valence-corrected chi connectivity index (χ1v) is 5.78. The van der Waals surface area contributed by atoms with Gasteiger partial charge in [-0.05, 0) is 12.8 Å². The van der Waals surface area contributed by atoms with E-state index in [1.54, 1.807) is 0 Å². The molecule has 0 spiro atoms. The molecule has 4 nitrogen and oxygen atoms in total. The summed E-state index contributed by atoms with van der Waals surface area (Å²) in [4.78, 5) is 4.34. The summed E-state index contributed by atoms with van der Waals surface area (Å²) in [5, 5.41) is 3.93. The van der Waals surface area contributed by atoms with Gasteiger partial charge in [0.05, 0.1) is 6.04 Å². The van der Waals surface area contributed by atoms with Crippen LogP contribution in [-0.4, -0.2) is 10.1 Å². The molecule has 2 N–H and O–H groups in total. The van der Waals surface area contributed by atoms with Crippen molar-refractivity contribution >= 4 is 0 Å². The minimum absolute atomic E-state index is 0.0821. The maximum Gasteiger partial charge on any atom is 0.229 e. The molecule has 0 fully saturated rings. The molecular formula is C11H21N3O. The number of hydrogen-bond donors (Lipinski definition) is 1. The van der Waals surface area contributed by atoms with E-state index in [9.17, 15) is 0 Å². The maximum atomic E-state index is 5.91. The van der Waals surface area contributed by atoms with Crippen molar-refractivity contribution in [2.75, 3.05) is 0 Å². The number of aromatic nitrogens is 2. The summed E-state index contributed by atoms with van der Waals surface area (Å²) < 4.78 is 5.21. The predicted molar refractivity (Wildman–Crippen MR) is 59.5 cm³/mol. The summed E-state index contributed by atoms with van der Waals surface area (Å²) in [5.74, 6) is 1.71. The van der Waals surface area contributed by atoms with Crippen LogP contribution in [-0.2, 0) is 0 Å². The van der Waals surface area contributed by atoms with Crippen LogP contribution < -0.4 is 5.73 Å². The van der Waals surface area contributed by atoms with Gasteiger partial charge in [0.25, 0.3) is 0 Å². The van der Waals surface area contributed by atoms with Crippen LogP contribution in [0.15, 0.2) is 4.52 Å². The van der Waals surface area contributed by atoms with Gasteiger partial charge >= 0.3 is 0 Å². The Morgan fingerprint density at radius 2 is 1.93 bits per heavy atom. The lowest BCUT2D eigenvalue weighted by molar-refractivity contribution is 0.346. The zero-order chi connectivity index (χ0) is 11.3. The van der Waals surface area contributed by atoms with Crippen LogP contribution in [0.4, 0.5) is 0 Å². The molecule has 0 amide bonds. The average molecular weight is 211 g/mol. The average Bonchev–Trinajstić information content (AvgIpc) is 2.67. The second-order valence-electron chi connectivity index (χ2n) is 4.08. The van der Waals surface area contributed by atoms with Crippen molar-refractivity contribution in [2.45, 2.75) is 58.4 Å². The van der Waals surface area contributed by atoms with Crippen LogP contribution in [0.1, 0.15) is 70.1 Å². The van der Waals surface area contributed by atoms with E-state index in [4.69, 9.17) is 10.3 Å². The Morgan fingerprint density at radius 3 is 2.53 bits per heavy atom. The van der Waals surface area contributed by atoms with Crippen LogP contribution in [0.25, 0.3) is 0 Å². The molecule has 2 atom stereocenters. The molecule has 4 heteroatoms. The molecule has 1 aromatic rings. The fourth-order valence-electron chi connectivity index (χ4n) is 1.59. The summed E-state index contributed by atoms with van der Waals surface area (Å²) in [6, 6.07) is -0.0821. The third-order valence-corrected chi connectivity index (χ3v) is 2.53. The molecule has 86 valence electrons. The third kappa shape index (κ3) is 3.30. The smallest absolute Gasteiger partial charge is 0.229 e. The van der Waals surface area contributed by atoms with Crippen molar-refractivity contribution in [3.8, 4) is 0 Å². The minimum atomic E-state index is -0.0821. The monoisotopic (exact) mass is 211 g/mol. The molecular weight excluding hydrogens is 190 g/mol. The lowest BCUT2D eigenvalue weighted by atomic mass is 10.1. The topological polar surface area (TPSA) is 64.9 Å². The van der Waals surface area contributed by atoms with Gasteiger partial charge in [-0.1, -0.05) is 38.8 Å². The molecule has 0 saturated carbocycles. The van der Waals surface area contributed by atoms with Crippen LogP contribution >= 0.6 is 0 Å². The van der Waals surface area contributed by atoms with Crippen LogP contribution in [0, 0.1) is 0 Å². The SMILES string of the molecule is CCCC(C)c1nc(C(N)CCC)no1. The summed E-state index contributed by atoms with van der Waals surface area (Å²) in [7, 11) is 0. The zero-order valence-corrected chi connectivity index (χ0v) is 9.86. The van der Waals surface area contributed by atoms with Crippen LogP contribution in [0.3, 0.4) is 0 Å². The highest BCUT2D eigenvalue weighted by molar-refractivity contribution is 4.96. The maximum absolute atomic E-state index is 5.91. The number of nitrogens with zero attached hydrogens (tertiary/aromatic N) is 2. The number of rotatable bonds is 6. The van der Waals surface area contributed by atoms with E-state index in [0.717, 1.165) is 31.6 Å². The number of nitrogens with two attached hydrogens (primary N) is 1. The van der Waals surface area contributed by atoms with Gasteiger partial charge in [0.1, 0.15) is 0 Å². The van der Waals surface area contributed by atoms with Gasteiger partial charge in [-0.3, -0.25) is 0 Å². The molecule has 0 aliphatic heterocycles. The Morgan fingerprint density at radius 1 is 1.27 bits per heavy atom. The Balaban J connectivity index is 2.62. The molecule has 15 heavy (non-hydrogen) atoms.